The van der Waals surface area contributed by atoms with Crippen LogP contribution < -0.4 is 5.32 Å². The number of ether oxygens (including phenoxy) is 2. The first-order valence-electron chi connectivity index (χ1n) is 5.82. The molecule has 102 valence electrons. The minimum absolute atomic E-state index is 0.00326. The zero-order valence-corrected chi connectivity index (χ0v) is 11.1. The van der Waals surface area contributed by atoms with Crippen molar-refractivity contribution in [1.29, 1.82) is 0 Å². The Labute approximate surface area is 112 Å². The van der Waals surface area contributed by atoms with Crippen molar-refractivity contribution < 1.29 is 19.1 Å². The molecule has 1 N–H and O–H groups in total. The topological polar surface area (TPSA) is 64.6 Å². The third kappa shape index (κ3) is 5.72. The Bertz CT molecular complexity index is 465. The maximum Gasteiger partial charge on any atom is 0.411 e. The van der Waals surface area contributed by atoms with E-state index in [4.69, 9.17) is 9.47 Å². The molecule has 0 atom stereocenters. The van der Waals surface area contributed by atoms with E-state index < -0.39 is 12.1 Å². The smallest absolute Gasteiger partial charge is 0.411 e. The molecular formula is C14H17NO4. The van der Waals surface area contributed by atoms with Gasteiger partial charge in [0.1, 0.15) is 13.2 Å². The van der Waals surface area contributed by atoms with Crippen LogP contribution in [-0.2, 0) is 14.3 Å². The fourth-order valence-electron chi connectivity index (χ4n) is 1.18. The predicted octanol–water partition coefficient (Wildman–Crippen LogP) is 2.66. The van der Waals surface area contributed by atoms with E-state index in [2.05, 4.69) is 11.9 Å². The second kappa shape index (κ2) is 7.20. The van der Waals surface area contributed by atoms with Gasteiger partial charge in [0.05, 0.1) is 0 Å². The van der Waals surface area contributed by atoms with Gasteiger partial charge in [-0.2, -0.15) is 0 Å². The van der Waals surface area contributed by atoms with Crippen LogP contribution in [0.25, 0.3) is 0 Å². The minimum Gasteiger partial charge on any atom is -0.459 e. The molecule has 5 nitrogen and oxygen atoms in total. The van der Waals surface area contributed by atoms with Gasteiger partial charge in [0.25, 0.3) is 0 Å². The number of hydrogen-bond acceptors (Lipinski definition) is 4. The van der Waals surface area contributed by atoms with E-state index in [1.54, 1.807) is 19.1 Å². The highest BCUT2D eigenvalue weighted by Gasteiger charge is 2.05. The summed E-state index contributed by atoms with van der Waals surface area (Å²) in [5.74, 6) is -0.498. The van der Waals surface area contributed by atoms with Crippen LogP contribution in [0.5, 0.6) is 0 Å². The normalized spacial score (nSPS) is 9.58. The standard InChI is InChI=1S/C14H17NO4/c1-10(2)13(16)18-8-9-19-14(17)15-12-6-4-11(3)5-7-12/h4-7H,1,8-9H2,2-3H3,(H,15,17). The maximum atomic E-state index is 11.4. The molecule has 1 amide bonds. The molecule has 0 heterocycles. The molecule has 0 saturated heterocycles. The Kier molecular flexibility index (Phi) is 5.60. The van der Waals surface area contributed by atoms with Crippen molar-refractivity contribution in [3.05, 3.63) is 42.0 Å². The largest absolute Gasteiger partial charge is 0.459 e. The minimum atomic E-state index is -0.588. The predicted molar refractivity (Wildman–Crippen MR) is 71.9 cm³/mol. The summed E-state index contributed by atoms with van der Waals surface area (Å²) in [6.45, 7) is 6.95. The SMILES string of the molecule is C=C(C)C(=O)OCCOC(=O)Nc1ccc(C)cc1. The van der Waals surface area contributed by atoms with Crippen molar-refractivity contribution in [2.75, 3.05) is 18.5 Å². The van der Waals surface area contributed by atoms with Gasteiger partial charge in [0.2, 0.25) is 0 Å². The Morgan fingerprint density at radius 2 is 1.74 bits per heavy atom. The van der Waals surface area contributed by atoms with Crippen molar-refractivity contribution in [1.82, 2.24) is 0 Å². The molecule has 0 aliphatic rings. The lowest BCUT2D eigenvalue weighted by Gasteiger charge is -2.07. The Morgan fingerprint density at radius 3 is 2.32 bits per heavy atom. The summed E-state index contributed by atoms with van der Waals surface area (Å²) in [6, 6.07) is 7.31. The molecule has 0 unspecified atom stereocenters. The molecule has 0 aliphatic carbocycles. The second-order valence-electron chi connectivity index (χ2n) is 4.04. The number of hydrogen-bond donors (Lipinski definition) is 1. The van der Waals surface area contributed by atoms with Crippen LogP contribution in [0, 0.1) is 6.92 Å². The number of carbonyl (C=O) groups is 2. The van der Waals surface area contributed by atoms with Crippen LogP contribution >= 0.6 is 0 Å². The monoisotopic (exact) mass is 263 g/mol. The average molecular weight is 263 g/mol. The Hall–Kier alpha value is -2.30. The molecule has 0 fully saturated rings. The molecular weight excluding hydrogens is 246 g/mol. The molecule has 1 aromatic rings. The zero-order valence-electron chi connectivity index (χ0n) is 11.1. The lowest BCUT2D eigenvalue weighted by molar-refractivity contribution is -0.139. The first-order chi connectivity index (χ1) is 8.99. The van der Waals surface area contributed by atoms with E-state index in [-0.39, 0.29) is 13.2 Å². The van der Waals surface area contributed by atoms with Crippen molar-refractivity contribution in [3.8, 4) is 0 Å². The van der Waals surface area contributed by atoms with Crippen LogP contribution in [0.3, 0.4) is 0 Å². The van der Waals surface area contributed by atoms with Crippen LogP contribution in [0.15, 0.2) is 36.4 Å². The van der Waals surface area contributed by atoms with Gasteiger partial charge in [0, 0.05) is 11.3 Å². The summed E-state index contributed by atoms with van der Waals surface area (Å²) in [5, 5.41) is 2.56. The zero-order chi connectivity index (χ0) is 14.3. The molecule has 19 heavy (non-hydrogen) atoms. The summed E-state index contributed by atoms with van der Waals surface area (Å²) >= 11 is 0. The van der Waals surface area contributed by atoms with Gasteiger partial charge in [-0.1, -0.05) is 24.3 Å². The number of esters is 1. The molecule has 0 aliphatic heterocycles. The molecule has 1 aromatic carbocycles. The lowest BCUT2D eigenvalue weighted by Crippen LogP contribution is -2.18. The van der Waals surface area contributed by atoms with Crippen molar-refractivity contribution >= 4 is 17.7 Å². The number of rotatable bonds is 5. The lowest BCUT2D eigenvalue weighted by atomic mass is 10.2. The van der Waals surface area contributed by atoms with Gasteiger partial charge < -0.3 is 9.47 Å². The molecule has 0 spiro atoms. The van der Waals surface area contributed by atoms with E-state index in [0.29, 0.717) is 11.3 Å². The summed E-state index contributed by atoms with van der Waals surface area (Å²) in [4.78, 5) is 22.4. The van der Waals surface area contributed by atoms with Gasteiger partial charge in [-0.15, -0.1) is 0 Å². The Balaban J connectivity index is 2.23. The fraction of sp³-hybridized carbons (Fsp3) is 0.286. The Morgan fingerprint density at radius 1 is 1.16 bits per heavy atom. The summed E-state index contributed by atoms with van der Waals surface area (Å²) in [7, 11) is 0. The first-order valence-corrected chi connectivity index (χ1v) is 5.82. The molecule has 0 bridgehead atoms. The average Bonchev–Trinajstić information content (AvgIpc) is 2.37. The van der Waals surface area contributed by atoms with E-state index in [1.165, 1.54) is 0 Å². The van der Waals surface area contributed by atoms with Crippen LogP contribution in [0.4, 0.5) is 10.5 Å². The summed E-state index contributed by atoms with van der Waals surface area (Å²) < 4.78 is 9.63. The van der Waals surface area contributed by atoms with Gasteiger partial charge in [0.15, 0.2) is 0 Å². The quantitative estimate of drug-likeness (QED) is 0.504. The van der Waals surface area contributed by atoms with Gasteiger partial charge >= 0.3 is 12.1 Å². The number of amides is 1. The van der Waals surface area contributed by atoms with Gasteiger partial charge in [-0.25, -0.2) is 9.59 Å². The molecule has 1 rings (SSSR count). The van der Waals surface area contributed by atoms with E-state index in [0.717, 1.165) is 5.56 Å². The van der Waals surface area contributed by atoms with E-state index in [1.807, 2.05) is 19.1 Å². The van der Waals surface area contributed by atoms with E-state index >= 15 is 0 Å². The highest BCUT2D eigenvalue weighted by Crippen LogP contribution is 2.08. The number of nitrogens with one attached hydrogen (secondary N) is 1. The molecule has 0 radical (unpaired) electrons. The number of aryl methyl sites for hydroxylation is 1. The first kappa shape index (κ1) is 14.8. The fourth-order valence-corrected chi connectivity index (χ4v) is 1.18. The highest BCUT2D eigenvalue weighted by atomic mass is 16.6. The molecule has 0 saturated carbocycles. The van der Waals surface area contributed by atoms with Gasteiger partial charge in [-0.3, -0.25) is 5.32 Å². The van der Waals surface area contributed by atoms with Crippen molar-refractivity contribution in [2.24, 2.45) is 0 Å². The molecule has 0 aromatic heterocycles. The van der Waals surface area contributed by atoms with Crippen molar-refractivity contribution in [2.45, 2.75) is 13.8 Å². The third-order valence-corrected chi connectivity index (χ3v) is 2.20. The number of anilines is 1. The third-order valence-electron chi connectivity index (χ3n) is 2.20. The van der Waals surface area contributed by atoms with Crippen LogP contribution in [-0.4, -0.2) is 25.3 Å². The summed E-state index contributed by atoms with van der Waals surface area (Å²) in [6.07, 6.45) is -0.588. The van der Waals surface area contributed by atoms with Crippen LogP contribution in [0.1, 0.15) is 12.5 Å². The molecule has 5 heteroatoms. The van der Waals surface area contributed by atoms with Crippen LogP contribution in [0.2, 0.25) is 0 Å². The maximum absolute atomic E-state index is 11.4. The second-order valence-corrected chi connectivity index (χ2v) is 4.04. The highest BCUT2D eigenvalue weighted by molar-refractivity contribution is 5.87. The van der Waals surface area contributed by atoms with Gasteiger partial charge in [-0.05, 0) is 26.0 Å². The summed E-state index contributed by atoms with van der Waals surface area (Å²) in [5.41, 5.74) is 2.06. The van der Waals surface area contributed by atoms with Crippen molar-refractivity contribution in [3.63, 3.8) is 0 Å². The van der Waals surface area contributed by atoms with E-state index in [9.17, 15) is 9.59 Å². The number of carbonyl (C=O) groups excluding carboxylic acids is 2. The number of benzene rings is 1.